The number of carbonyl (C=O) groups is 2. The van der Waals surface area contributed by atoms with E-state index in [2.05, 4.69) is 18.7 Å². The van der Waals surface area contributed by atoms with Crippen LogP contribution in [-0.4, -0.2) is 85.5 Å². The Morgan fingerprint density at radius 3 is 2.35 bits per heavy atom. The summed E-state index contributed by atoms with van der Waals surface area (Å²) in [4.78, 5) is 31.1. The van der Waals surface area contributed by atoms with Crippen LogP contribution >= 0.6 is 0 Å². The second-order valence-electron chi connectivity index (χ2n) is 6.68. The third-order valence-corrected chi connectivity index (χ3v) is 5.40. The first kappa shape index (κ1) is 18.2. The SMILES string of the molecule is CCC(CC)[C@H](C(=O)N(C)[C@@H]1CCN(C)C1=O)N1CCOCC1. The minimum Gasteiger partial charge on any atom is -0.379 e. The van der Waals surface area contributed by atoms with E-state index in [1.54, 1.807) is 23.9 Å². The van der Waals surface area contributed by atoms with Crippen molar-refractivity contribution in [2.24, 2.45) is 5.92 Å². The monoisotopic (exact) mass is 325 g/mol. The molecule has 0 saturated carbocycles. The van der Waals surface area contributed by atoms with E-state index < -0.39 is 0 Å². The van der Waals surface area contributed by atoms with E-state index in [-0.39, 0.29) is 23.9 Å². The summed E-state index contributed by atoms with van der Waals surface area (Å²) in [5.41, 5.74) is 0. The number of rotatable bonds is 6. The Morgan fingerprint density at radius 1 is 1.26 bits per heavy atom. The molecule has 0 bridgehead atoms. The Kier molecular flexibility index (Phi) is 6.41. The van der Waals surface area contributed by atoms with Gasteiger partial charge in [-0.3, -0.25) is 14.5 Å². The lowest BCUT2D eigenvalue weighted by Crippen LogP contribution is -2.57. The molecule has 0 unspecified atom stereocenters. The molecule has 23 heavy (non-hydrogen) atoms. The number of carbonyl (C=O) groups excluding carboxylic acids is 2. The fourth-order valence-electron chi connectivity index (χ4n) is 3.77. The van der Waals surface area contributed by atoms with Gasteiger partial charge in [0.25, 0.3) is 0 Å². The maximum Gasteiger partial charge on any atom is 0.245 e. The van der Waals surface area contributed by atoms with Gasteiger partial charge in [0.1, 0.15) is 6.04 Å². The molecule has 2 heterocycles. The molecule has 6 heteroatoms. The van der Waals surface area contributed by atoms with E-state index in [1.165, 1.54) is 0 Å². The van der Waals surface area contributed by atoms with Gasteiger partial charge >= 0.3 is 0 Å². The van der Waals surface area contributed by atoms with Gasteiger partial charge < -0.3 is 14.5 Å². The van der Waals surface area contributed by atoms with E-state index >= 15 is 0 Å². The molecular formula is C17H31N3O3. The fourth-order valence-corrected chi connectivity index (χ4v) is 3.77. The molecule has 2 aliphatic rings. The van der Waals surface area contributed by atoms with Crippen LogP contribution in [0.15, 0.2) is 0 Å². The molecule has 0 N–H and O–H groups in total. The normalized spacial score (nSPS) is 24.3. The van der Waals surface area contributed by atoms with Crippen molar-refractivity contribution < 1.29 is 14.3 Å². The summed E-state index contributed by atoms with van der Waals surface area (Å²) in [6, 6.07) is -0.442. The standard InChI is InChI=1S/C17H31N3O3/c1-5-13(6-2)15(20-9-11-23-12-10-20)17(22)19(4)14-7-8-18(3)16(14)21/h13-15H,5-12H2,1-4H3/t14-,15-/m1/s1. The molecule has 0 aromatic carbocycles. The number of hydrogen-bond donors (Lipinski definition) is 0. The van der Waals surface area contributed by atoms with E-state index in [0.29, 0.717) is 19.1 Å². The molecular weight excluding hydrogens is 294 g/mol. The topological polar surface area (TPSA) is 53.1 Å². The summed E-state index contributed by atoms with van der Waals surface area (Å²) in [6.45, 7) is 7.96. The first-order valence-corrected chi connectivity index (χ1v) is 8.84. The summed E-state index contributed by atoms with van der Waals surface area (Å²) in [5, 5.41) is 0. The van der Waals surface area contributed by atoms with Gasteiger partial charge in [0.2, 0.25) is 11.8 Å². The summed E-state index contributed by atoms with van der Waals surface area (Å²) in [7, 11) is 3.60. The van der Waals surface area contributed by atoms with Crippen molar-refractivity contribution in [3.05, 3.63) is 0 Å². The van der Waals surface area contributed by atoms with Crippen LogP contribution in [0.3, 0.4) is 0 Å². The molecule has 0 radical (unpaired) electrons. The number of amides is 2. The highest BCUT2D eigenvalue weighted by Crippen LogP contribution is 2.24. The molecule has 132 valence electrons. The van der Waals surface area contributed by atoms with Crippen molar-refractivity contribution in [2.45, 2.75) is 45.2 Å². The zero-order valence-electron chi connectivity index (χ0n) is 15.0. The van der Waals surface area contributed by atoms with E-state index in [1.807, 2.05) is 0 Å². The minimum atomic E-state index is -0.301. The summed E-state index contributed by atoms with van der Waals surface area (Å²) < 4.78 is 5.44. The van der Waals surface area contributed by atoms with Crippen LogP contribution in [0.25, 0.3) is 0 Å². The second-order valence-corrected chi connectivity index (χ2v) is 6.68. The Labute approximate surface area is 139 Å². The predicted octanol–water partition coefficient (Wildman–Crippen LogP) is 0.813. The minimum absolute atomic E-state index is 0.0612. The highest BCUT2D eigenvalue weighted by Gasteiger charge is 2.40. The van der Waals surface area contributed by atoms with Crippen LogP contribution in [0.4, 0.5) is 0 Å². The molecule has 0 aromatic rings. The van der Waals surface area contributed by atoms with Crippen molar-refractivity contribution in [1.29, 1.82) is 0 Å². The van der Waals surface area contributed by atoms with Gasteiger partial charge in [0.15, 0.2) is 0 Å². The lowest BCUT2D eigenvalue weighted by Gasteiger charge is -2.40. The first-order chi connectivity index (χ1) is 11.0. The van der Waals surface area contributed by atoms with Crippen LogP contribution in [0.1, 0.15) is 33.1 Å². The second kappa shape index (κ2) is 8.11. The zero-order valence-corrected chi connectivity index (χ0v) is 15.0. The number of morpholine rings is 1. The fraction of sp³-hybridized carbons (Fsp3) is 0.882. The predicted molar refractivity (Wildman–Crippen MR) is 89.1 cm³/mol. The molecule has 0 spiro atoms. The number of likely N-dealkylation sites (tertiary alicyclic amines) is 1. The summed E-state index contributed by atoms with van der Waals surface area (Å²) >= 11 is 0. The van der Waals surface area contributed by atoms with Crippen molar-refractivity contribution in [3.63, 3.8) is 0 Å². The van der Waals surface area contributed by atoms with E-state index in [0.717, 1.165) is 38.9 Å². The average molecular weight is 325 g/mol. The Balaban J connectivity index is 2.16. The van der Waals surface area contributed by atoms with E-state index in [9.17, 15) is 9.59 Å². The molecule has 2 aliphatic heterocycles. The Morgan fingerprint density at radius 2 is 1.87 bits per heavy atom. The molecule has 2 atom stereocenters. The van der Waals surface area contributed by atoms with Gasteiger partial charge in [-0.15, -0.1) is 0 Å². The molecule has 2 saturated heterocycles. The summed E-state index contributed by atoms with van der Waals surface area (Å²) in [5.74, 6) is 0.470. The first-order valence-electron chi connectivity index (χ1n) is 8.84. The highest BCUT2D eigenvalue weighted by atomic mass is 16.5. The molecule has 2 rings (SSSR count). The van der Waals surface area contributed by atoms with Gasteiger partial charge in [0.05, 0.1) is 19.3 Å². The van der Waals surface area contributed by atoms with Crippen LogP contribution in [0.2, 0.25) is 0 Å². The maximum atomic E-state index is 13.2. The Bertz CT molecular complexity index is 419. The molecule has 0 aromatic heterocycles. The van der Waals surface area contributed by atoms with Crippen molar-refractivity contribution in [1.82, 2.24) is 14.7 Å². The molecule has 6 nitrogen and oxygen atoms in total. The highest BCUT2D eigenvalue weighted by molar-refractivity contribution is 5.91. The van der Waals surface area contributed by atoms with E-state index in [4.69, 9.17) is 4.74 Å². The van der Waals surface area contributed by atoms with Gasteiger partial charge in [-0.1, -0.05) is 26.7 Å². The number of ether oxygens (including phenoxy) is 1. The van der Waals surface area contributed by atoms with Crippen LogP contribution in [0.5, 0.6) is 0 Å². The lowest BCUT2D eigenvalue weighted by atomic mass is 9.91. The van der Waals surface area contributed by atoms with Gasteiger partial charge in [-0.2, -0.15) is 0 Å². The van der Waals surface area contributed by atoms with Gasteiger partial charge in [-0.25, -0.2) is 0 Å². The number of nitrogens with zero attached hydrogens (tertiary/aromatic N) is 3. The number of hydrogen-bond acceptors (Lipinski definition) is 4. The van der Waals surface area contributed by atoms with Gasteiger partial charge in [-0.05, 0) is 12.3 Å². The largest absolute Gasteiger partial charge is 0.379 e. The molecule has 2 fully saturated rings. The average Bonchev–Trinajstić information content (AvgIpc) is 2.91. The summed E-state index contributed by atoms with van der Waals surface area (Å²) in [6.07, 6.45) is 2.67. The van der Waals surface area contributed by atoms with Crippen molar-refractivity contribution in [2.75, 3.05) is 46.9 Å². The Hall–Kier alpha value is -1.14. The maximum absolute atomic E-state index is 13.2. The van der Waals surface area contributed by atoms with Crippen LogP contribution in [0, 0.1) is 5.92 Å². The molecule has 0 aliphatic carbocycles. The third-order valence-electron chi connectivity index (χ3n) is 5.40. The smallest absolute Gasteiger partial charge is 0.245 e. The number of likely N-dealkylation sites (N-methyl/N-ethyl adjacent to an activating group) is 2. The third kappa shape index (κ3) is 3.86. The zero-order chi connectivity index (χ0) is 17.0. The van der Waals surface area contributed by atoms with Crippen molar-refractivity contribution >= 4 is 11.8 Å². The quantitative estimate of drug-likeness (QED) is 0.725. The van der Waals surface area contributed by atoms with Crippen molar-refractivity contribution in [3.8, 4) is 0 Å². The van der Waals surface area contributed by atoms with Gasteiger partial charge in [0, 0.05) is 33.7 Å². The van der Waals surface area contributed by atoms with Crippen LogP contribution in [-0.2, 0) is 14.3 Å². The lowest BCUT2D eigenvalue weighted by molar-refractivity contribution is -0.147. The molecule has 2 amide bonds. The van der Waals surface area contributed by atoms with Crippen LogP contribution < -0.4 is 0 Å².